The normalized spacial score (nSPS) is 13.8. The van der Waals surface area contributed by atoms with Crippen molar-refractivity contribution in [1.82, 2.24) is 4.57 Å². The number of methoxy groups -OCH3 is 2. The summed E-state index contributed by atoms with van der Waals surface area (Å²) in [6.45, 7) is 5.32. The van der Waals surface area contributed by atoms with Gasteiger partial charge in [0.15, 0.2) is 6.61 Å². The molecule has 11 heteroatoms. The van der Waals surface area contributed by atoms with E-state index in [1.54, 1.807) is 27.7 Å². The van der Waals surface area contributed by atoms with Crippen LogP contribution in [0.25, 0.3) is 11.1 Å². The lowest BCUT2D eigenvalue weighted by Gasteiger charge is -2.27. The van der Waals surface area contributed by atoms with Gasteiger partial charge in [-0.15, -0.1) is 0 Å². The molecule has 0 aliphatic rings. The average Bonchev–Trinajstić information content (AvgIpc) is 2.74. The van der Waals surface area contributed by atoms with Crippen molar-refractivity contribution in [3.63, 3.8) is 0 Å². The second-order valence-electron chi connectivity index (χ2n) is 8.88. The minimum Gasteiger partial charge on any atom is -0.495 e. The van der Waals surface area contributed by atoms with Crippen LogP contribution in [0.5, 0.6) is 11.5 Å². The summed E-state index contributed by atoms with van der Waals surface area (Å²) in [6.07, 6.45) is -3.52. The van der Waals surface area contributed by atoms with E-state index < -0.39 is 36.0 Å². The Morgan fingerprint density at radius 1 is 1.09 bits per heavy atom. The quantitative estimate of drug-likeness (QED) is 0.411. The third-order valence-corrected chi connectivity index (χ3v) is 5.09. The van der Waals surface area contributed by atoms with Gasteiger partial charge in [0, 0.05) is 35.7 Å². The maximum atomic E-state index is 13.2. The highest BCUT2D eigenvalue weighted by molar-refractivity contribution is 6.31. The summed E-state index contributed by atoms with van der Waals surface area (Å²) >= 11 is 6.07. The lowest BCUT2D eigenvalue weighted by Crippen LogP contribution is -2.36. The molecule has 2 aromatic rings. The van der Waals surface area contributed by atoms with E-state index in [1.165, 1.54) is 38.6 Å². The molecule has 0 radical (unpaired) electrons. The molecule has 2 rings (SSSR count). The fraction of sp³-hybridized carbons (Fsp3) is 0.500. The van der Waals surface area contributed by atoms with Gasteiger partial charge in [0.2, 0.25) is 0 Å². The molecular formula is C24H29ClF3NO6. The highest BCUT2D eigenvalue weighted by Crippen LogP contribution is 2.38. The highest BCUT2D eigenvalue weighted by atomic mass is 35.5. The highest BCUT2D eigenvalue weighted by Gasteiger charge is 2.31. The van der Waals surface area contributed by atoms with E-state index in [2.05, 4.69) is 0 Å². The van der Waals surface area contributed by atoms with Crippen molar-refractivity contribution in [3.05, 3.63) is 45.8 Å². The largest absolute Gasteiger partial charge is 0.495 e. The molecule has 1 heterocycles. The number of halogens is 4. The van der Waals surface area contributed by atoms with Gasteiger partial charge in [0.1, 0.15) is 23.1 Å². The number of pyridine rings is 1. The van der Waals surface area contributed by atoms with Gasteiger partial charge in [0.25, 0.3) is 5.56 Å². The number of carbonyl (C=O) groups excluding carboxylic acids is 1. The molecule has 1 unspecified atom stereocenters. The van der Waals surface area contributed by atoms with Crippen molar-refractivity contribution in [1.29, 1.82) is 0 Å². The van der Waals surface area contributed by atoms with Crippen LogP contribution in [0.3, 0.4) is 0 Å². The molecule has 0 N–H and O–H groups in total. The van der Waals surface area contributed by atoms with E-state index in [0.717, 1.165) is 10.6 Å². The molecule has 194 valence electrons. The van der Waals surface area contributed by atoms with E-state index in [-0.39, 0.29) is 40.2 Å². The van der Waals surface area contributed by atoms with Crippen LogP contribution < -0.4 is 15.0 Å². The van der Waals surface area contributed by atoms with Crippen molar-refractivity contribution in [3.8, 4) is 22.6 Å². The predicted octanol–water partition coefficient (Wildman–Crippen LogP) is 5.43. The van der Waals surface area contributed by atoms with Crippen LogP contribution in [0.1, 0.15) is 40.2 Å². The van der Waals surface area contributed by atoms with E-state index in [9.17, 15) is 22.8 Å². The Morgan fingerprint density at radius 3 is 2.26 bits per heavy atom. The van der Waals surface area contributed by atoms with Gasteiger partial charge in [-0.2, -0.15) is 13.2 Å². The number of esters is 1. The first-order chi connectivity index (χ1) is 16.1. The van der Waals surface area contributed by atoms with Gasteiger partial charge < -0.3 is 18.9 Å². The maximum Gasteiger partial charge on any atom is 0.422 e. The summed E-state index contributed by atoms with van der Waals surface area (Å²) in [4.78, 5) is 26.2. The van der Waals surface area contributed by atoms with Crippen LogP contribution in [-0.2, 0) is 14.3 Å². The average molecular weight is 520 g/mol. The number of hydrogen-bond donors (Lipinski definition) is 0. The molecule has 0 saturated carbocycles. The Morgan fingerprint density at radius 2 is 1.71 bits per heavy atom. The summed E-state index contributed by atoms with van der Waals surface area (Å²) < 4.78 is 60.6. The molecule has 0 saturated heterocycles. The zero-order chi connectivity index (χ0) is 26.6. The summed E-state index contributed by atoms with van der Waals surface area (Å²) in [5, 5.41) is 0.214. The fourth-order valence-electron chi connectivity index (χ4n) is 3.25. The Kier molecular flexibility index (Phi) is 9.24. The molecular weight excluding hydrogens is 491 g/mol. The minimum absolute atomic E-state index is 0.113. The van der Waals surface area contributed by atoms with Crippen molar-refractivity contribution in [2.24, 2.45) is 0 Å². The third-order valence-electron chi connectivity index (χ3n) is 4.86. The van der Waals surface area contributed by atoms with Crippen LogP contribution in [0.2, 0.25) is 5.02 Å². The Labute approximate surface area is 206 Å². The number of rotatable bonds is 9. The van der Waals surface area contributed by atoms with Gasteiger partial charge in [-0.3, -0.25) is 9.36 Å². The molecule has 1 aromatic carbocycles. The molecule has 0 aliphatic heterocycles. The summed E-state index contributed by atoms with van der Waals surface area (Å²) in [7, 11) is 2.81. The second-order valence-corrected chi connectivity index (χ2v) is 9.31. The number of benzene rings is 1. The summed E-state index contributed by atoms with van der Waals surface area (Å²) in [5.74, 6) is -0.670. The molecule has 0 aliphatic carbocycles. The smallest absolute Gasteiger partial charge is 0.422 e. The van der Waals surface area contributed by atoms with Crippen molar-refractivity contribution >= 4 is 17.6 Å². The van der Waals surface area contributed by atoms with E-state index in [1.807, 2.05) is 0 Å². The fourth-order valence-corrected chi connectivity index (χ4v) is 3.42. The standard InChI is InChI=1S/C24H29ClF3NO6/c1-14(32-5)9-18(22(31)35-23(2,3)4)29-12-20(33-6)17(11-21(29)30)16-10-15(25)7-8-19(16)34-13-24(26,27)28/h7-8,10-12,14,18H,9,13H2,1-6H3/t14-,18?/m0/s1. The number of nitrogens with zero attached hydrogens (tertiary/aromatic N) is 1. The predicted molar refractivity (Wildman–Crippen MR) is 125 cm³/mol. The molecule has 0 fully saturated rings. The number of carbonyl (C=O) groups is 1. The van der Waals surface area contributed by atoms with Crippen molar-refractivity contribution in [2.75, 3.05) is 20.8 Å². The molecule has 1 aromatic heterocycles. The number of hydrogen-bond acceptors (Lipinski definition) is 6. The van der Waals surface area contributed by atoms with Gasteiger partial charge in [0.05, 0.1) is 19.4 Å². The van der Waals surface area contributed by atoms with Crippen LogP contribution in [0.15, 0.2) is 35.3 Å². The second kappa shape index (κ2) is 11.3. The molecule has 2 atom stereocenters. The van der Waals surface area contributed by atoms with Crippen molar-refractivity contribution in [2.45, 2.75) is 58.0 Å². The van der Waals surface area contributed by atoms with Crippen molar-refractivity contribution < 1.29 is 36.9 Å². The van der Waals surface area contributed by atoms with Crippen LogP contribution >= 0.6 is 11.6 Å². The van der Waals surface area contributed by atoms with Crippen LogP contribution in [0.4, 0.5) is 13.2 Å². The van der Waals surface area contributed by atoms with Gasteiger partial charge in [-0.05, 0) is 45.9 Å². The number of alkyl halides is 3. The first kappa shape index (κ1) is 28.5. The molecule has 0 spiro atoms. The summed E-state index contributed by atoms with van der Waals surface area (Å²) in [6, 6.07) is 4.13. The molecule has 7 nitrogen and oxygen atoms in total. The first-order valence-electron chi connectivity index (χ1n) is 10.7. The Hall–Kier alpha value is -2.72. The van der Waals surface area contributed by atoms with Crippen LogP contribution in [0, 0.1) is 0 Å². The molecule has 0 bridgehead atoms. The van der Waals surface area contributed by atoms with E-state index >= 15 is 0 Å². The van der Waals surface area contributed by atoms with E-state index in [4.69, 9.17) is 30.5 Å². The van der Waals surface area contributed by atoms with E-state index in [0.29, 0.717) is 0 Å². The first-order valence-corrected chi connectivity index (χ1v) is 11.1. The minimum atomic E-state index is -4.57. The topological polar surface area (TPSA) is 76.0 Å². The van der Waals surface area contributed by atoms with Gasteiger partial charge in [-0.1, -0.05) is 11.6 Å². The lowest BCUT2D eigenvalue weighted by molar-refractivity contribution is -0.160. The number of aromatic nitrogens is 1. The third kappa shape index (κ3) is 8.17. The maximum absolute atomic E-state index is 13.2. The Balaban J connectivity index is 2.62. The van der Waals surface area contributed by atoms with Gasteiger partial charge >= 0.3 is 12.1 Å². The molecule has 35 heavy (non-hydrogen) atoms. The zero-order valence-electron chi connectivity index (χ0n) is 20.4. The summed E-state index contributed by atoms with van der Waals surface area (Å²) in [5.41, 5.74) is -1.13. The Bertz CT molecular complexity index is 1090. The van der Waals surface area contributed by atoms with Crippen LogP contribution in [-0.4, -0.2) is 49.2 Å². The number of ether oxygens (including phenoxy) is 4. The lowest BCUT2D eigenvalue weighted by atomic mass is 10.0. The molecule has 0 amide bonds. The zero-order valence-corrected chi connectivity index (χ0v) is 21.1. The van der Waals surface area contributed by atoms with Gasteiger partial charge in [-0.25, -0.2) is 4.79 Å². The SMILES string of the molecule is COc1cn(C(C[C@H](C)OC)C(=O)OC(C)(C)C)c(=O)cc1-c1cc(Cl)ccc1OCC(F)(F)F. The monoisotopic (exact) mass is 519 g/mol.